The average Bonchev–Trinajstić information content (AvgIpc) is 2.90. The Hall–Kier alpha value is -3.06. The van der Waals surface area contributed by atoms with Gasteiger partial charge in [0.1, 0.15) is 12.4 Å². The second-order valence-corrected chi connectivity index (χ2v) is 10.6. The van der Waals surface area contributed by atoms with Gasteiger partial charge in [0.25, 0.3) is 5.91 Å². The molecule has 0 atom stereocenters. The lowest BCUT2D eigenvalue weighted by Gasteiger charge is -2.30. The van der Waals surface area contributed by atoms with Crippen LogP contribution in [-0.2, 0) is 16.0 Å². The third-order valence-corrected chi connectivity index (χ3v) is 8.00. The zero-order valence-corrected chi connectivity index (χ0v) is 22.0. The number of ether oxygens (including phenoxy) is 2. The number of amides is 2. The fourth-order valence-corrected chi connectivity index (χ4v) is 5.38. The number of morpholine rings is 1. The summed E-state index contributed by atoms with van der Waals surface area (Å²) in [6.45, 7) is 5.15. The summed E-state index contributed by atoms with van der Waals surface area (Å²) in [5.74, 6) is 1.68. The van der Waals surface area contributed by atoms with Crippen LogP contribution in [0.5, 0.6) is 5.75 Å². The SMILES string of the molecule is CN1CCN(C(=O)CCC2CCC2)CCOc2ccc(N3CCOCC3)cc2Cc2cccc(c2)C1=O. The van der Waals surface area contributed by atoms with Crippen molar-refractivity contribution in [2.24, 2.45) is 5.92 Å². The molecule has 1 saturated heterocycles. The average molecular weight is 506 g/mol. The van der Waals surface area contributed by atoms with Crippen molar-refractivity contribution in [2.75, 3.05) is 64.5 Å². The maximum absolute atomic E-state index is 13.2. The molecule has 2 aromatic carbocycles. The highest BCUT2D eigenvalue weighted by Crippen LogP contribution is 2.31. The Morgan fingerprint density at radius 2 is 1.81 bits per heavy atom. The van der Waals surface area contributed by atoms with Crippen molar-refractivity contribution >= 4 is 17.5 Å². The standard InChI is InChI=1S/C30H39N3O4/c1-31-12-13-33(29(34)11-8-23-4-2-5-23)16-19-37-28-10-9-27(32-14-17-36-18-15-32)22-26(28)21-24-6-3-7-25(20-24)30(31)35/h3,6-7,9-10,20,22-23H,2,4-5,8,11-19,21H2,1H3. The summed E-state index contributed by atoms with van der Waals surface area (Å²) in [6.07, 6.45) is 5.99. The van der Waals surface area contributed by atoms with Crippen LogP contribution in [0.15, 0.2) is 42.5 Å². The van der Waals surface area contributed by atoms with E-state index in [0.717, 1.165) is 55.3 Å². The summed E-state index contributed by atoms with van der Waals surface area (Å²) in [7, 11) is 1.82. The Bertz CT molecular complexity index is 1090. The zero-order valence-electron chi connectivity index (χ0n) is 22.0. The van der Waals surface area contributed by atoms with Gasteiger partial charge in [-0.3, -0.25) is 9.59 Å². The fraction of sp³-hybridized carbons (Fsp3) is 0.533. The molecule has 2 aromatic rings. The summed E-state index contributed by atoms with van der Waals surface area (Å²) in [5, 5.41) is 0. The van der Waals surface area contributed by atoms with E-state index in [9.17, 15) is 9.59 Å². The summed E-state index contributed by atoms with van der Waals surface area (Å²) >= 11 is 0. The van der Waals surface area contributed by atoms with Crippen LogP contribution in [0.2, 0.25) is 0 Å². The van der Waals surface area contributed by atoms with Crippen LogP contribution in [0.25, 0.3) is 0 Å². The van der Waals surface area contributed by atoms with E-state index in [1.165, 1.54) is 19.3 Å². The summed E-state index contributed by atoms with van der Waals surface area (Å²) in [6, 6.07) is 14.2. The smallest absolute Gasteiger partial charge is 0.253 e. The number of likely N-dealkylation sites (N-methyl/N-ethyl adjacent to an activating group) is 1. The molecule has 37 heavy (non-hydrogen) atoms. The molecule has 0 unspecified atom stereocenters. The molecule has 7 heteroatoms. The van der Waals surface area contributed by atoms with Crippen molar-refractivity contribution in [1.82, 2.24) is 9.80 Å². The minimum atomic E-state index is -0.0145. The van der Waals surface area contributed by atoms with E-state index >= 15 is 0 Å². The van der Waals surface area contributed by atoms with Gasteiger partial charge in [-0.15, -0.1) is 0 Å². The van der Waals surface area contributed by atoms with E-state index in [0.29, 0.717) is 50.6 Å². The van der Waals surface area contributed by atoms with Crippen molar-refractivity contribution in [3.8, 4) is 5.75 Å². The number of fused-ring (bicyclic) bond motifs is 3. The number of anilines is 1. The minimum absolute atomic E-state index is 0.0145. The Labute approximate surface area is 220 Å². The van der Waals surface area contributed by atoms with Crippen molar-refractivity contribution in [1.29, 1.82) is 0 Å². The van der Waals surface area contributed by atoms with Crippen LogP contribution >= 0.6 is 0 Å². The summed E-state index contributed by atoms with van der Waals surface area (Å²) in [5.41, 5.74) is 3.99. The molecular weight excluding hydrogens is 466 g/mol. The van der Waals surface area contributed by atoms with Crippen molar-refractivity contribution in [2.45, 2.75) is 38.5 Å². The first kappa shape index (κ1) is 25.6. The number of carbonyl (C=O) groups is 2. The van der Waals surface area contributed by atoms with Gasteiger partial charge < -0.3 is 24.2 Å². The number of carbonyl (C=O) groups excluding carboxylic acids is 2. The van der Waals surface area contributed by atoms with Crippen LogP contribution in [0.4, 0.5) is 5.69 Å². The van der Waals surface area contributed by atoms with Crippen molar-refractivity contribution < 1.29 is 19.1 Å². The molecule has 2 fully saturated rings. The largest absolute Gasteiger partial charge is 0.491 e. The highest BCUT2D eigenvalue weighted by atomic mass is 16.5. The predicted molar refractivity (Wildman–Crippen MR) is 144 cm³/mol. The molecule has 0 radical (unpaired) electrons. The van der Waals surface area contributed by atoms with E-state index < -0.39 is 0 Å². The van der Waals surface area contributed by atoms with Gasteiger partial charge in [0.15, 0.2) is 0 Å². The Balaban J connectivity index is 1.39. The van der Waals surface area contributed by atoms with E-state index in [2.05, 4.69) is 29.2 Å². The first-order chi connectivity index (χ1) is 18.1. The van der Waals surface area contributed by atoms with E-state index in [1.807, 2.05) is 30.1 Å². The molecule has 1 saturated carbocycles. The van der Waals surface area contributed by atoms with Crippen LogP contribution in [-0.4, -0.2) is 81.2 Å². The van der Waals surface area contributed by atoms with Gasteiger partial charge in [0.2, 0.25) is 5.91 Å². The molecule has 2 bridgehead atoms. The van der Waals surface area contributed by atoms with Gasteiger partial charge in [-0.25, -0.2) is 0 Å². The molecule has 5 rings (SSSR count). The summed E-state index contributed by atoms with van der Waals surface area (Å²) in [4.78, 5) is 32.3. The predicted octanol–water partition coefficient (Wildman–Crippen LogP) is 3.99. The molecule has 7 nitrogen and oxygen atoms in total. The third kappa shape index (κ3) is 6.45. The van der Waals surface area contributed by atoms with Gasteiger partial charge in [-0.1, -0.05) is 31.4 Å². The normalized spacial score (nSPS) is 19.5. The maximum Gasteiger partial charge on any atom is 0.253 e. The third-order valence-electron chi connectivity index (χ3n) is 8.00. The fourth-order valence-electron chi connectivity index (χ4n) is 5.38. The molecule has 0 spiro atoms. The highest BCUT2D eigenvalue weighted by Gasteiger charge is 2.22. The maximum atomic E-state index is 13.2. The topological polar surface area (TPSA) is 62.3 Å². The second kappa shape index (κ2) is 12.0. The molecular formula is C30H39N3O4. The van der Waals surface area contributed by atoms with Crippen molar-refractivity contribution in [3.63, 3.8) is 0 Å². The number of benzene rings is 2. The van der Waals surface area contributed by atoms with E-state index in [-0.39, 0.29) is 11.8 Å². The van der Waals surface area contributed by atoms with E-state index in [1.54, 1.807) is 4.90 Å². The molecule has 2 heterocycles. The second-order valence-electron chi connectivity index (χ2n) is 10.6. The van der Waals surface area contributed by atoms with Crippen LogP contribution in [0.1, 0.15) is 53.6 Å². The van der Waals surface area contributed by atoms with Crippen molar-refractivity contribution in [3.05, 3.63) is 59.2 Å². The first-order valence-electron chi connectivity index (χ1n) is 13.8. The Kier molecular flexibility index (Phi) is 8.29. The van der Waals surface area contributed by atoms with Gasteiger partial charge in [-0.2, -0.15) is 0 Å². The molecule has 3 aliphatic rings. The lowest BCUT2D eigenvalue weighted by atomic mass is 9.82. The van der Waals surface area contributed by atoms with Gasteiger partial charge >= 0.3 is 0 Å². The quantitative estimate of drug-likeness (QED) is 0.629. The van der Waals surface area contributed by atoms with E-state index in [4.69, 9.17) is 9.47 Å². The Morgan fingerprint density at radius 1 is 0.973 bits per heavy atom. The number of rotatable bonds is 4. The molecule has 2 aliphatic heterocycles. The molecule has 2 amide bonds. The zero-order chi connectivity index (χ0) is 25.6. The Morgan fingerprint density at radius 3 is 2.59 bits per heavy atom. The summed E-state index contributed by atoms with van der Waals surface area (Å²) < 4.78 is 11.8. The minimum Gasteiger partial charge on any atom is -0.491 e. The van der Waals surface area contributed by atoms with Crippen LogP contribution in [0.3, 0.4) is 0 Å². The number of nitrogens with zero attached hydrogens (tertiary/aromatic N) is 3. The lowest BCUT2D eigenvalue weighted by Crippen LogP contribution is -2.41. The van der Waals surface area contributed by atoms with Crippen LogP contribution in [0, 0.1) is 5.92 Å². The molecule has 198 valence electrons. The van der Waals surface area contributed by atoms with Gasteiger partial charge in [0, 0.05) is 62.9 Å². The monoisotopic (exact) mass is 505 g/mol. The number of hydrogen-bond acceptors (Lipinski definition) is 5. The molecule has 1 aliphatic carbocycles. The molecule has 0 aromatic heterocycles. The van der Waals surface area contributed by atoms with Crippen LogP contribution < -0.4 is 9.64 Å². The molecule has 0 N–H and O–H groups in total. The number of hydrogen-bond donors (Lipinski definition) is 0. The van der Waals surface area contributed by atoms with Gasteiger partial charge in [-0.05, 0) is 48.2 Å². The first-order valence-corrected chi connectivity index (χ1v) is 13.8. The highest BCUT2D eigenvalue weighted by molar-refractivity contribution is 5.94. The lowest BCUT2D eigenvalue weighted by molar-refractivity contribution is -0.132. The van der Waals surface area contributed by atoms with Gasteiger partial charge in [0.05, 0.1) is 19.8 Å².